The molecule has 4 heteroatoms. The Hall–Kier alpha value is -1.81. The van der Waals surface area contributed by atoms with Crippen LogP contribution < -0.4 is 4.74 Å². The van der Waals surface area contributed by atoms with E-state index in [1.54, 1.807) is 7.11 Å². The Morgan fingerprint density at radius 1 is 1.23 bits per heavy atom. The zero-order valence-electron chi connectivity index (χ0n) is 12.7. The van der Waals surface area contributed by atoms with E-state index in [9.17, 15) is 4.79 Å². The fraction of sp³-hybridized carbons (Fsp3) is 0.278. The molecule has 0 N–H and O–H groups in total. The van der Waals surface area contributed by atoms with Crippen molar-refractivity contribution >= 4 is 21.8 Å². The molecule has 1 heterocycles. The largest absolute Gasteiger partial charge is 0.497 e. The molecule has 3 rings (SSSR count). The van der Waals surface area contributed by atoms with Crippen molar-refractivity contribution in [3.05, 3.63) is 63.6 Å². The quantitative estimate of drug-likeness (QED) is 0.803. The lowest BCUT2D eigenvalue weighted by Gasteiger charge is -2.35. The van der Waals surface area contributed by atoms with E-state index < -0.39 is 0 Å². The summed E-state index contributed by atoms with van der Waals surface area (Å²) in [6.45, 7) is 2.82. The summed E-state index contributed by atoms with van der Waals surface area (Å²) in [4.78, 5) is 14.7. The first-order valence-electron chi connectivity index (χ1n) is 7.33. The van der Waals surface area contributed by atoms with Crippen LogP contribution in [0.2, 0.25) is 0 Å². The minimum atomic E-state index is 0.0509. The van der Waals surface area contributed by atoms with Gasteiger partial charge in [0.25, 0.3) is 5.91 Å². The highest BCUT2D eigenvalue weighted by Gasteiger charge is 2.28. The number of ether oxygens (including phenoxy) is 1. The molecule has 0 radical (unpaired) electrons. The van der Waals surface area contributed by atoms with Crippen LogP contribution in [0, 0.1) is 0 Å². The Kier molecular flexibility index (Phi) is 4.21. The van der Waals surface area contributed by atoms with Crippen LogP contribution in [0.5, 0.6) is 5.75 Å². The van der Waals surface area contributed by atoms with Gasteiger partial charge >= 0.3 is 0 Å². The molecule has 0 spiro atoms. The van der Waals surface area contributed by atoms with Crippen molar-refractivity contribution in [1.29, 1.82) is 0 Å². The van der Waals surface area contributed by atoms with Gasteiger partial charge in [-0.1, -0.05) is 22.0 Å². The van der Waals surface area contributed by atoms with Gasteiger partial charge in [-0.3, -0.25) is 4.79 Å². The van der Waals surface area contributed by atoms with Gasteiger partial charge in [-0.2, -0.15) is 0 Å². The highest BCUT2D eigenvalue weighted by Crippen LogP contribution is 2.33. The average molecular weight is 360 g/mol. The Bertz CT molecular complexity index is 697. The second-order valence-electron chi connectivity index (χ2n) is 5.50. The van der Waals surface area contributed by atoms with Crippen LogP contribution in [-0.4, -0.2) is 24.5 Å². The summed E-state index contributed by atoms with van der Waals surface area (Å²) in [6, 6.07) is 13.7. The number of rotatable bonds is 2. The van der Waals surface area contributed by atoms with E-state index in [2.05, 4.69) is 28.9 Å². The SMILES string of the molecule is COc1ccc2c(c1)C(C)N(C(=O)c1ccc(Br)cc1)CC2. The smallest absolute Gasteiger partial charge is 0.254 e. The third-order valence-electron chi connectivity index (χ3n) is 4.24. The van der Waals surface area contributed by atoms with E-state index in [0.29, 0.717) is 0 Å². The van der Waals surface area contributed by atoms with Crippen molar-refractivity contribution in [2.24, 2.45) is 0 Å². The lowest BCUT2D eigenvalue weighted by Crippen LogP contribution is -2.38. The van der Waals surface area contributed by atoms with Crippen LogP contribution in [0.15, 0.2) is 46.9 Å². The van der Waals surface area contributed by atoms with Gasteiger partial charge in [0, 0.05) is 16.6 Å². The molecule has 0 saturated heterocycles. The molecule has 1 unspecified atom stereocenters. The number of hydrogen-bond donors (Lipinski definition) is 0. The topological polar surface area (TPSA) is 29.5 Å². The fourth-order valence-electron chi connectivity index (χ4n) is 2.95. The molecule has 1 amide bonds. The van der Waals surface area contributed by atoms with E-state index in [0.717, 1.165) is 28.8 Å². The second kappa shape index (κ2) is 6.13. The van der Waals surface area contributed by atoms with Gasteiger partial charge in [0.2, 0.25) is 0 Å². The molecule has 114 valence electrons. The van der Waals surface area contributed by atoms with Gasteiger partial charge in [-0.05, 0) is 60.9 Å². The summed E-state index contributed by atoms with van der Waals surface area (Å²) in [5.41, 5.74) is 3.20. The summed E-state index contributed by atoms with van der Waals surface area (Å²) in [5.74, 6) is 0.914. The van der Waals surface area contributed by atoms with E-state index in [1.165, 1.54) is 11.1 Å². The van der Waals surface area contributed by atoms with Gasteiger partial charge in [0.05, 0.1) is 13.2 Å². The Balaban J connectivity index is 1.89. The number of hydrogen-bond acceptors (Lipinski definition) is 2. The van der Waals surface area contributed by atoms with Crippen molar-refractivity contribution < 1.29 is 9.53 Å². The van der Waals surface area contributed by atoms with Gasteiger partial charge in [-0.15, -0.1) is 0 Å². The van der Waals surface area contributed by atoms with Crippen LogP contribution in [0.3, 0.4) is 0 Å². The molecule has 0 aliphatic carbocycles. The second-order valence-corrected chi connectivity index (χ2v) is 6.41. The summed E-state index contributed by atoms with van der Waals surface area (Å²) in [7, 11) is 1.67. The maximum Gasteiger partial charge on any atom is 0.254 e. The summed E-state index contributed by atoms with van der Waals surface area (Å²) >= 11 is 3.40. The van der Waals surface area contributed by atoms with Gasteiger partial charge in [0.15, 0.2) is 0 Å². The first kappa shape index (κ1) is 15.1. The highest BCUT2D eigenvalue weighted by atomic mass is 79.9. The maximum absolute atomic E-state index is 12.8. The lowest BCUT2D eigenvalue weighted by atomic mass is 9.92. The number of halogens is 1. The van der Waals surface area contributed by atoms with Crippen LogP contribution in [0.4, 0.5) is 0 Å². The van der Waals surface area contributed by atoms with Crippen molar-refractivity contribution in [3.63, 3.8) is 0 Å². The molecule has 0 fully saturated rings. The predicted octanol–water partition coefficient (Wildman–Crippen LogP) is 4.22. The van der Waals surface area contributed by atoms with Gasteiger partial charge in [0.1, 0.15) is 5.75 Å². The Morgan fingerprint density at radius 2 is 1.95 bits per heavy atom. The molecule has 3 nitrogen and oxygen atoms in total. The maximum atomic E-state index is 12.8. The van der Waals surface area contributed by atoms with Crippen molar-refractivity contribution in [1.82, 2.24) is 4.90 Å². The van der Waals surface area contributed by atoms with Crippen LogP contribution in [-0.2, 0) is 6.42 Å². The predicted molar refractivity (Wildman–Crippen MR) is 90.3 cm³/mol. The number of amides is 1. The first-order valence-corrected chi connectivity index (χ1v) is 8.13. The zero-order chi connectivity index (χ0) is 15.7. The van der Waals surface area contributed by atoms with E-state index >= 15 is 0 Å². The van der Waals surface area contributed by atoms with E-state index in [-0.39, 0.29) is 11.9 Å². The third-order valence-corrected chi connectivity index (χ3v) is 4.77. The molecule has 0 aromatic heterocycles. The zero-order valence-corrected chi connectivity index (χ0v) is 14.3. The highest BCUT2D eigenvalue weighted by molar-refractivity contribution is 9.10. The number of fused-ring (bicyclic) bond motifs is 1. The minimum Gasteiger partial charge on any atom is -0.497 e. The molecule has 2 aromatic carbocycles. The fourth-order valence-corrected chi connectivity index (χ4v) is 3.22. The molecular formula is C18H18BrNO2. The molecule has 1 atom stereocenters. The normalized spacial score (nSPS) is 17.0. The molecule has 1 aliphatic heterocycles. The Morgan fingerprint density at radius 3 is 2.64 bits per heavy atom. The molecule has 2 aromatic rings. The van der Waals surface area contributed by atoms with Crippen molar-refractivity contribution in [2.45, 2.75) is 19.4 Å². The van der Waals surface area contributed by atoms with Gasteiger partial charge in [-0.25, -0.2) is 0 Å². The molecular weight excluding hydrogens is 342 g/mol. The Labute approximate surface area is 139 Å². The standard InChI is InChI=1S/C18H18BrNO2/c1-12-17-11-16(22-2)8-5-13(17)9-10-20(12)18(21)14-3-6-15(19)7-4-14/h3-8,11-12H,9-10H2,1-2H3. The third kappa shape index (κ3) is 2.75. The summed E-state index contributed by atoms with van der Waals surface area (Å²) < 4.78 is 6.29. The van der Waals surface area contributed by atoms with Crippen LogP contribution >= 0.6 is 15.9 Å². The van der Waals surface area contributed by atoms with Crippen molar-refractivity contribution in [3.8, 4) is 5.75 Å². The summed E-state index contributed by atoms with van der Waals surface area (Å²) in [5, 5.41) is 0. The minimum absolute atomic E-state index is 0.0509. The molecule has 1 aliphatic rings. The van der Waals surface area contributed by atoms with Crippen molar-refractivity contribution in [2.75, 3.05) is 13.7 Å². The first-order chi connectivity index (χ1) is 10.6. The van der Waals surface area contributed by atoms with E-state index in [4.69, 9.17) is 4.74 Å². The summed E-state index contributed by atoms with van der Waals surface area (Å²) in [6.07, 6.45) is 0.881. The van der Waals surface area contributed by atoms with E-state index in [1.807, 2.05) is 41.3 Å². The number of benzene rings is 2. The number of carbonyl (C=O) groups is 1. The number of carbonyl (C=O) groups excluding carboxylic acids is 1. The number of methoxy groups -OCH3 is 1. The average Bonchev–Trinajstić information content (AvgIpc) is 2.55. The lowest BCUT2D eigenvalue weighted by molar-refractivity contribution is 0.0677. The monoisotopic (exact) mass is 359 g/mol. The van der Waals surface area contributed by atoms with Gasteiger partial charge < -0.3 is 9.64 Å². The molecule has 22 heavy (non-hydrogen) atoms. The molecule has 0 saturated carbocycles. The van der Waals surface area contributed by atoms with Crippen LogP contribution in [0.25, 0.3) is 0 Å². The number of nitrogens with zero attached hydrogens (tertiary/aromatic N) is 1. The van der Waals surface area contributed by atoms with Crippen LogP contribution in [0.1, 0.15) is 34.5 Å². The molecule has 0 bridgehead atoms.